The van der Waals surface area contributed by atoms with E-state index in [0.29, 0.717) is 22.0 Å². The minimum absolute atomic E-state index is 0.0708. The van der Waals surface area contributed by atoms with Crippen LogP contribution in [-0.2, 0) is 0 Å². The Morgan fingerprint density at radius 1 is 1.27 bits per heavy atom. The molecule has 6 N–H and O–H groups in total. The molecule has 0 aliphatic carbocycles. The molecule has 6 nitrogen and oxygen atoms in total. The van der Waals surface area contributed by atoms with Gasteiger partial charge in [-0.25, -0.2) is 11.4 Å². The van der Waals surface area contributed by atoms with Crippen LogP contribution in [0.15, 0.2) is 23.3 Å². The quantitative estimate of drug-likeness (QED) is 0.284. The Hall–Kier alpha value is -1.50. The van der Waals surface area contributed by atoms with Crippen molar-refractivity contribution in [3.05, 3.63) is 33.8 Å². The maximum atomic E-state index is 12.4. The number of hydrogen-bond acceptors (Lipinski definition) is 4. The third kappa shape index (κ3) is 6.09. The summed E-state index contributed by atoms with van der Waals surface area (Å²) in [4.78, 5) is 12.4. The Kier molecular flexibility index (Phi) is 6.47. The van der Waals surface area contributed by atoms with Gasteiger partial charge in [-0.2, -0.15) is 0 Å². The van der Waals surface area contributed by atoms with Crippen molar-refractivity contribution in [3.8, 4) is 0 Å². The van der Waals surface area contributed by atoms with Gasteiger partial charge >= 0.3 is 0 Å². The second-order valence-corrected chi connectivity index (χ2v) is 6.99. The molecule has 0 radical (unpaired) electrons. The normalized spacial score (nSPS) is 13.6. The fourth-order valence-corrected chi connectivity index (χ4v) is 2.45. The van der Waals surface area contributed by atoms with E-state index in [9.17, 15) is 4.79 Å². The number of halogens is 2. The van der Waals surface area contributed by atoms with Gasteiger partial charge in [0.2, 0.25) is 0 Å². The Morgan fingerprint density at radius 3 is 2.27 bits per heavy atom. The molecule has 1 rings (SSSR count). The lowest BCUT2D eigenvalue weighted by Gasteiger charge is -2.26. The molecule has 0 heterocycles. The molecule has 1 amide bonds. The van der Waals surface area contributed by atoms with E-state index in [1.807, 2.05) is 20.8 Å². The van der Waals surface area contributed by atoms with Crippen molar-refractivity contribution in [1.29, 1.82) is 0 Å². The largest absolute Gasteiger partial charge is 0.384 e. The number of hydrazine groups is 1. The first-order chi connectivity index (χ1) is 10.1. The number of carbonyl (C=O) groups is 1. The second kappa shape index (κ2) is 7.67. The lowest BCUT2D eigenvalue weighted by Crippen LogP contribution is -2.47. The molecule has 8 heteroatoms. The molecule has 1 aromatic rings. The van der Waals surface area contributed by atoms with E-state index in [0.717, 1.165) is 0 Å². The van der Waals surface area contributed by atoms with Gasteiger partial charge in [0.25, 0.3) is 5.91 Å². The summed E-state index contributed by atoms with van der Waals surface area (Å²) < 4.78 is 0. The van der Waals surface area contributed by atoms with E-state index in [4.69, 9.17) is 34.8 Å². The van der Waals surface area contributed by atoms with Crippen LogP contribution in [0.2, 0.25) is 10.0 Å². The van der Waals surface area contributed by atoms with E-state index < -0.39 is 6.04 Å². The average molecular weight is 346 g/mol. The lowest BCUT2D eigenvalue weighted by molar-refractivity contribution is 0.0940. The number of carbonyl (C=O) groups excluding carboxylic acids is 1. The van der Waals surface area contributed by atoms with E-state index in [1.54, 1.807) is 6.07 Å². The molecule has 0 aliphatic rings. The first kappa shape index (κ1) is 18.5. The summed E-state index contributed by atoms with van der Waals surface area (Å²) in [6.45, 7) is 6.10. The molecule has 0 spiro atoms. The Bertz CT molecular complexity index is 549. The van der Waals surface area contributed by atoms with E-state index in [-0.39, 0.29) is 17.2 Å². The molecule has 1 aromatic carbocycles. The van der Waals surface area contributed by atoms with Crippen LogP contribution in [0.5, 0.6) is 0 Å². The van der Waals surface area contributed by atoms with Gasteiger partial charge in [-0.3, -0.25) is 4.79 Å². The molecule has 122 valence electrons. The summed E-state index contributed by atoms with van der Waals surface area (Å²) in [6.07, 6.45) is 0.587. The van der Waals surface area contributed by atoms with Gasteiger partial charge in [-0.1, -0.05) is 44.0 Å². The van der Waals surface area contributed by atoms with Gasteiger partial charge in [-0.05, 0) is 30.0 Å². The van der Waals surface area contributed by atoms with Crippen LogP contribution in [-0.4, -0.2) is 17.8 Å². The van der Waals surface area contributed by atoms with Crippen molar-refractivity contribution < 1.29 is 4.79 Å². The van der Waals surface area contributed by atoms with Gasteiger partial charge in [0.05, 0.1) is 6.04 Å². The Balaban J connectivity index is 2.97. The number of nitrogens with two attached hydrogens (primary N) is 2. The minimum Gasteiger partial charge on any atom is -0.384 e. The van der Waals surface area contributed by atoms with Gasteiger partial charge in [-0.15, -0.1) is 5.10 Å². The maximum Gasteiger partial charge on any atom is 0.251 e. The highest BCUT2D eigenvalue weighted by Crippen LogP contribution is 2.22. The number of rotatable bonds is 5. The van der Waals surface area contributed by atoms with E-state index >= 15 is 0 Å². The standard InChI is InChI=1S/C14H21Cl2N5O/c1-14(2,3)7-11(12(17)20-21-18)19-13(22)8-4-9(15)6-10(16)5-8/h4-6,11,21H,7,18H2,1-3H3,(H2,17,20)(H,19,22). The number of hydrogen-bond donors (Lipinski definition) is 4. The van der Waals surface area contributed by atoms with Gasteiger partial charge in [0.15, 0.2) is 0 Å². The number of nitrogens with one attached hydrogen (secondary N) is 2. The van der Waals surface area contributed by atoms with Gasteiger partial charge in [0.1, 0.15) is 5.84 Å². The highest BCUT2D eigenvalue weighted by molar-refractivity contribution is 6.35. The maximum absolute atomic E-state index is 12.4. The Labute approximate surface area is 140 Å². The first-order valence-corrected chi connectivity index (χ1v) is 7.43. The predicted molar refractivity (Wildman–Crippen MR) is 90.7 cm³/mol. The third-order valence-electron chi connectivity index (χ3n) is 2.80. The van der Waals surface area contributed by atoms with Crippen molar-refractivity contribution in [2.24, 2.45) is 22.1 Å². The van der Waals surface area contributed by atoms with E-state index in [1.165, 1.54) is 12.1 Å². The summed E-state index contributed by atoms with van der Waals surface area (Å²) in [5.41, 5.74) is 8.28. The van der Waals surface area contributed by atoms with E-state index in [2.05, 4.69) is 16.0 Å². The zero-order valence-electron chi connectivity index (χ0n) is 12.8. The molecule has 0 saturated carbocycles. The van der Waals surface area contributed by atoms with Crippen LogP contribution >= 0.6 is 23.2 Å². The fourth-order valence-electron chi connectivity index (χ4n) is 1.92. The smallest absolute Gasteiger partial charge is 0.251 e. The molecular formula is C14H21Cl2N5O. The summed E-state index contributed by atoms with van der Waals surface area (Å²) in [6, 6.07) is 4.15. The predicted octanol–water partition coefficient (Wildman–Crippen LogP) is 2.26. The van der Waals surface area contributed by atoms with Crippen LogP contribution in [0.25, 0.3) is 0 Å². The van der Waals surface area contributed by atoms with Crippen molar-refractivity contribution in [1.82, 2.24) is 10.9 Å². The van der Waals surface area contributed by atoms with Crippen molar-refractivity contribution in [3.63, 3.8) is 0 Å². The Morgan fingerprint density at radius 2 is 1.82 bits per heavy atom. The van der Waals surface area contributed by atoms with Crippen molar-refractivity contribution in [2.45, 2.75) is 33.2 Å². The number of hydrazone groups is 1. The van der Waals surface area contributed by atoms with Crippen LogP contribution in [0, 0.1) is 5.41 Å². The summed E-state index contributed by atoms with van der Waals surface area (Å²) in [5, 5.41) is 7.34. The molecule has 0 bridgehead atoms. The van der Waals surface area contributed by atoms with Gasteiger partial charge in [0, 0.05) is 15.6 Å². The number of nitrogens with zero attached hydrogens (tertiary/aromatic N) is 1. The van der Waals surface area contributed by atoms with Gasteiger partial charge < -0.3 is 11.1 Å². The molecule has 0 fully saturated rings. The SMILES string of the molecule is CC(C)(C)CC(NC(=O)c1cc(Cl)cc(Cl)c1)/C(N)=N/NN. The highest BCUT2D eigenvalue weighted by Gasteiger charge is 2.24. The average Bonchev–Trinajstić information content (AvgIpc) is 2.35. The van der Waals surface area contributed by atoms with Crippen LogP contribution in [0.4, 0.5) is 0 Å². The number of amides is 1. The van der Waals surface area contributed by atoms with Crippen molar-refractivity contribution in [2.75, 3.05) is 0 Å². The molecule has 22 heavy (non-hydrogen) atoms. The molecule has 0 aliphatic heterocycles. The topological polar surface area (TPSA) is 106 Å². The number of amidine groups is 1. The fraction of sp³-hybridized carbons (Fsp3) is 0.429. The zero-order valence-corrected chi connectivity index (χ0v) is 14.3. The second-order valence-electron chi connectivity index (χ2n) is 6.11. The zero-order chi connectivity index (χ0) is 16.9. The highest BCUT2D eigenvalue weighted by atomic mass is 35.5. The van der Waals surface area contributed by atoms with Crippen LogP contribution in [0.1, 0.15) is 37.6 Å². The molecule has 0 saturated heterocycles. The molecule has 0 aromatic heterocycles. The summed E-state index contributed by atoms with van der Waals surface area (Å²) in [7, 11) is 0. The third-order valence-corrected chi connectivity index (χ3v) is 3.23. The molecule has 1 unspecified atom stereocenters. The van der Waals surface area contributed by atoms with Crippen LogP contribution in [0.3, 0.4) is 0 Å². The summed E-state index contributed by atoms with van der Waals surface area (Å²) >= 11 is 11.8. The molecule has 1 atom stereocenters. The number of benzene rings is 1. The molecular weight excluding hydrogens is 325 g/mol. The minimum atomic E-state index is -0.471. The first-order valence-electron chi connectivity index (χ1n) is 6.68. The monoisotopic (exact) mass is 345 g/mol. The lowest BCUT2D eigenvalue weighted by atomic mass is 9.87. The van der Waals surface area contributed by atoms with Crippen LogP contribution < -0.4 is 22.4 Å². The van der Waals surface area contributed by atoms with Crippen molar-refractivity contribution >= 4 is 34.9 Å². The summed E-state index contributed by atoms with van der Waals surface area (Å²) in [5.74, 6) is 5.00.